The van der Waals surface area contributed by atoms with Crippen molar-refractivity contribution in [1.82, 2.24) is 0 Å². The van der Waals surface area contributed by atoms with Crippen LogP contribution < -0.4 is 0 Å². The topological polar surface area (TPSA) is 20.2 Å². The molecule has 22 heavy (non-hydrogen) atoms. The molecule has 0 bridgehead atoms. The van der Waals surface area contributed by atoms with E-state index >= 15 is 0 Å². The lowest BCUT2D eigenvalue weighted by molar-refractivity contribution is -0.137. The first-order chi connectivity index (χ1) is 10.1. The summed E-state index contributed by atoms with van der Waals surface area (Å²) in [6, 6.07) is 6.36. The second-order valence-corrected chi connectivity index (χ2v) is 11.5. The Balaban J connectivity index is 2.55. The molecule has 0 aromatic heterocycles. The Morgan fingerprint density at radius 3 is 2.14 bits per heavy atom. The summed E-state index contributed by atoms with van der Waals surface area (Å²) >= 11 is 0. The molecule has 0 unspecified atom stereocenters. The molecule has 0 aliphatic rings. The quantitative estimate of drug-likeness (QED) is 0.495. The van der Waals surface area contributed by atoms with Crippen LogP contribution in [0.2, 0.25) is 17.1 Å². The molecule has 0 aliphatic heterocycles. The molecular formula is C17H27F3OSi. The lowest BCUT2D eigenvalue weighted by atomic mass is 10.1. The van der Waals surface area contributed by atoms with Gasteiger partial charge in [0.05, 0.1) is 5.56 Å². The van der Waals surface area contributed by atoms with Crippen LogP contribution in [0, 0.1) is 0 Å². The monoisotopic (exact) mass is 332 g/mol. The molecule has 1 aromatic rings. The van der Waals surface area contributed by atoms with Crippen molar-refractivity contribution in [3.05, 3.63) is 35.4 Å². The van der Waals surface area contributed by atoms with E-state index in [1.54, 1.807) is 6.07 Å². The SMILES string of the molecule is CC(C)[Si](O)(CCCCc1cccc(C(F)(F)F)c1)C(C)C. The maximum atomic E-state index is 12.7. The predicted molar refractivity (Wildman–Crippen MR) is 87.4 cm³/mol. The molecule has 0 fully saturated rings. The van der Waals surface area contributed by atoms with Gasteiger partial charge in [0, 0.05) is 0 Å². The maximum absolute atomic E-state index is 12.7. The molecule has 0 saturated heterocycles. The molecule has 1 rings (SSSR count). The predicted octanol–water partition coefficient (Wildman–Crippen LogP) is 5.79. The molecular weight excluding hydrogens is 305 g/mol. The Labute approximate surface area is 132 Å². The number of unbranched alkanes of at least 4 members (excludes halogenated alkanes) is 1. The van der Waals surface area contributed by atoms with Crippen molar-refractivity contribution < 1.29 is 18.0 Å². The molecule has 0 aliphatic carbocycles. The van der Waals surface area contributed by atoms with Gasteiger partial charge in [0.1, 0.15) is 0 Å². The molecule has 0 amide bonds. The van der Waals surface area contributed by atoms with Gasteiger partial charge in [0.15, 0.2) is 8.32 Å². The molecule has 1 N–H and O–H groups in total. The fraction of sp³-hybridized carbons (Fsp3) is 0.647. The number of alkyl halides is 3. The van der Waals surface area contributed by atoms with E-state index in [1.165, 1.54) is 12.1 Å². The third kappa shape index (κ3) is 5.13. The Morgan fingerprint density at radius 1 is 1.05 bits per heavy atom. The van der Waals surface area contributed by atoms with Crippen molar-refractivity contribution in [3.63, 3.8) is 0 Å². The van der Waals surface area contributed by atoms with Gasteiger partial charge in [-0.2, -0.15) is 13.2 Å². The average molecular weight is 332 g/mol. The lowest BCUT2D eigenvalue weighted by Crippen LogP contribution is -2.41. The third-order valence-electron chi connectivity index (χ3n) is 4.55. The van der Waals surface area contributed by atoms with Crippen LogP contribution in [0.3, 0.4) is 0 Å². The van der Waals surface area contributed by atoms with E-state index in [1.807, 2.05) is 0 Å². The van der Waals surface area contributed by atoms with E-state index in [2.05, 4.69) is 27.7 Å². The first-order valence-corrected chi connectivity index (χ1v) is 10.3. The Kier molecular flexibility index (Phi) is 6.68. The number of hydrogen-bond acceptors (Lipinski definition) is 1. The minimum atomic E-state index is -4.28. The first-order valence-electron chi connectivity index (χ1n) is 7.96. The standard InChI is InChI=1S/C17H27F3OSi/c1-13(2)22(21,14(3)4)11-6-5-8-15-9-7-10-16(12-15)17(18,19)20/h7,9-10,12-14,21H,5-6,8,11H2,1-4H3. The number of halogens is 3. The number of rotatable bonds is 7. The van der Waals surface area contributed by atoms with Crippen LogP contribution in [0.4, 0.5) is 13.2 Å². The smallest absolute Gasteiger partial charge is 0.416 e. The second kappa shape index (κ2) is 7.64. The van der Waals surface area contributed by atoms with Gasteiger partial charge in [-0.15, -0.1) is 0 Å². The Morgan fingerprint density at radius 2 is 1.64 bits per heavy atom. The summed E-state index contributed by atoms with van der Waals surface area (Å²) in [4.78, 5) is 10.8. The van der Waals surface area contributed by atoms with Gasteiger partial charge in [0.2, 0.25) is 0 Å². The molecule has 0 heterocycles. The van der Waals surface area contributed by atoms with Gasteiger partial charge in [-0.05, 0) is 41.6 Å². The molecule has 1 aromatic carbocycles. The van der Waals surface area contributed by atoms with Gasteiger partial charge in [-0.25, -0.2) is 0 Å². The van der Waals surface area contributed by atoms with E-state index in [-0.39, 0.29) is 0 Å². The minimum Gasteiger partial charge on any atom is -0.431 e. The molecule has 126 valence electrons. The van der Waals surface area contributed by atoms with Gasteiger partial charge in [-0.1, -0.05) is 52.3 Å². The van der Waals surface area contributed by atoms with Crippen LogP contribution in [0.5, 0.6) is 0 Å². The van der Waals surface area contributed by atoms with Crippen molar-refractivity contribution in [1.29, 1.82) is 0 Å². The van der Waals surface area contributed by atoms with Crippen LogP contribution in [0.15, 0.2) is 24.3 Å². The lowest BCUT2D eigenvalue weighted by Gasteiger charge is -2.33. The highest BCUT2D eigenvalue weighted by molar-refractivity contribution is 6.75. The highest BCUT2D eigenvalue weighted by Crippen LogP contribution is 2.35. The number of aryl methyl sites for hydroxylation is 1. The van der Waals surface area contributed by atoms with Crippen molar-refractivity contribution in [2.45, 2.75) is 70.3 Å². The van der Waals surface area contributed by atoms with Gasteiger partial charge >= 0.3 is 6.18 Å². The minimum absolute atomic E-state index is 0.307. The third-order valence-corrected chi connectivity index (χ3v) is 9.70. The number of hydrogen-bond donors (Lipinski definition) is 1. The summed E-state index contributed by atoms with van der Waals surface area (Å²) in [5.74, 6) is 0. The highest BCUT2D eigenvalue weighted by Gasteiger charge is 2.37. The summed E-state index contributed by atoms with van der Waals surface area (Å²) in [5.41, 5.74) is 0.747. The Bertz CT molecular complexity index is 461. The van der Waals surface area contributed by atoms with E-state index in [9.17, 15) is 18.0 Å². The molecule has 0 radical (unpaired) electrons. The molecule has 0 saturated carbocycles. The van der Waals surface area contributed by atoms with Crippen LogP contribution in [0.25, 0.3) is 0 Å². The largest absolute Gasteiger partial charge is 0.431 e. The van der Waals surface area contributed by atoms with Crippen LogP contribution in [-0.2, 0) is 12.6 Å². The van der Waals surface area contributed by atoms with Crippen LogP contribution in [-0.4, -0.2) is 13.1 Å². The zero-order valence-corrected chi connectivity index (χ0v) is 14.9. The van der Waals surface area contributed by atoms with Crippen molar-refractivity contribution in [3.8, 4) is 0 Å². The van der Waals surface area contributed by atoms with Crippen LogP contribution in [0.1, 0.15) is 51.7 Å². The normalized spacial score (nSPS) is 13.2. The van der Waals surface area contributed by atoms with E-state index in [0.29, 0.717) is 23.1 Å². The van der Waals surface area contributed by atoms with E-state index in [4.69, 9.17) is 0 Å². The van der Waals surface area contributed by atoms with Gasteiger partial charge in [0.25, 0.3) is 0 Å². The number of benzene rings is 1. The zero-order valence-electron chi connectivity index (χ0n) is 13.9. The molecule has 0 spiro atoms. The Hall–Kier alpha value is -0.813. The molecule has 0 atom stereocenters. The summed E-state index contributed by atoms with van der Waals surface area (Å²) in [7, 11) is -2.26. The van der Waals surface area contributed by atoms with Gasteiger partial charge in [-0.3, -0.25) is 0 Å². The van der Waals surface area contributed by atoms with Crippen LogP contribution >= 0.6 is 0 Å². The summed E-state index contributed by atoms with van der Waals surface area (Å²) in [6.45, 7) is 8.27. The van der Waals surface area contributed by atoms with E-state index in [0.717, 1.165) is 25.0 Å². The second-order valence-electron chi connectivity index (χ2n) is 6.71. The fourth-order valence-electron chi connectivity index (χ4n) is 2.88. The summed E-state index contributed by atoms with van der Waals surface area (Å²) < 4.78 is 38.0. The summed E-state index contributed by atoms with van der Waals surface area (Å²) in [5, 5.41) is 0. The first kappa shape index (κ1) is 19.2. The van der Waals surface area contributed by atoms with Crippen molar-refractivity contribution >= 4 is 8.32 Å². The fourth-order valence-corrected chi connectivity index (χ4v) is 6.19. The van der Waals surface area contributed by atoms with E-state index < -0.39 is 20.1 Å². The molecule has 5 heteroatoms. The zero-order chi connectivity index (χ0) is 17.0. The highest BCUT2D eigenvalue weighted by atomic mass is 28.4. The maximum Gasteiger partial charge on any atom is 0.416 e. The summed E-state index contributed by atoms with van der Waals surface area (Å²) in [6.07, 6.45) is -1.96. The van der Waals surface area contributed by atoms with Crippen molar-refractivity contribution in [2.75, 3.05) is 0 Å². The molecule has 1 nitrogen and oxygen atoms in total. The average Bonchev–Trinajstić information content (AvgIpc) is 2.42. The van der Waals surface area contributed by atoms with Gasteiger partial charge < -0.3 is 4.80 Å². The van der Waals surface area contributed by atoms with Crippen molar-refractivity contribution in [2.24, 2.45) is 0 Å².